The Balaban J connectivity index is 2.82. The predicted molar refractivity (Wildman–Crippen MR) is 61.8 cm³/mol. The van der Waals surface area contributed by atoms with Gasteiger partial charge in [-0.05, 0) is 31.2 Å². The van der Waals surface area contributed by atoms with Crippen LogP contribution in [0.15, 0.2) is 29.2 Å². The Morgan fingerprint density at radius 2 is 1.82 bits per heavy atom. The summed E-state index contributed by atoms with van der Waals surface area (Å²) in [6, 6.07) is 5.09. The molecule has 0 fully saturated rings. The highest BCUT2D eigenvalue weighted by Gasteiger charge is 2.26. The van der Waals surface area contributed by atoms with E-state index < -0.39 is 15.6 Å². The van der Waals surface area contributed by atoms with Gasteiger partial charge < -0.3 is 11.1 Å². The molecule has 0 aliphatic heterocycles. The highest BCUT2D eigenvalue weighted by molar-refractivity contribution is 7.91. The number of hydrogen-bond acceptors (Lipinski definition) is 4. The molecule has 0 amide bonds. The molecule has 1 rings (SSSR count). The quantitative estimate of drug-likeness (QED) is 0.844. The fourth-order valence-electron chi connectivity index (χ4n) is 1.14. The minimum atomic E-state index is -4.51. The van der Waals surface area contributed by atoms with Crippen LogP contribution in [0.1, 0.15) is 6.92 Å². The van der Waals surface area contributed by atoms with Crippen molar-refractivity contribution in [2.24, 2.45) is 5.73 Å². The van der Waals surface area contributed by atoms with Crippen molar-refractivity contribution in [3.63, 3.8) is 0 Å². The molecule has 1 aromatic carbocycles. The molecule has 0 radical (unpaired) electrons. The zero-order valence-corrected chi connectivity index (χ0v) is 10.0. The van der Waals surface area contributed by atoms with Gasteiger partial charge in [-0.25, -0.2) is 8.42 Å². The number of nitrogens with one attached hydrogen (secondary N) is 1. The van der Waals surface area contributed by atoms with Crippen LogP contribution in [0.2, 0.25) is 0 Å². The average Bonchev–Trinajstić information content (AvgIpc) is 2.26. The molecule has 0 bridgehead atoms. The number of hydrogen-bond donors (Lipinski definition) is 2. The second kappa shape index (κ2) is 5.42. The number of rotatable bonds is 5. The lowest BCUT2D eigenvalue weighted by Crippen LogP contribution is -2.25. The average molecular weight is 264 g/mol. The number of halogens is 2. The first-order valence-electron chi connectivity index (χ1n) is 4.95. The van der Waals surface area contributed by atoms with Gasteiger partial charge in [-0.2, -0.15) is 8.78 Å². The largest absolute Gasteiger partial charge is 0.383 e. The molecule has 1 atom stereocenters. The Kier molecular flexibility index (Phi) is 4.41. The molecule has 4 nitrogen and oxygen atoms in total. The Morgan fingerprint density at radius 1 is 1.29 bits per heavy atom. The summed E-state index contributed by atoms with van der Waals surface area (Å²) in [6.45, 7) is 2.32. The lowest BCUT2D eigenvalue weighted by Gasteiger charge is -2.09. The number of alkyl halides is 2. The van der Waals surface area contributed by atoms with E-state index in [4.69, 9.17) is 5.73 Å². The smallest absolute Gasteiger partial charge is 0.341 e. The van der Waals surface area contributed by atoms with Crippen molar-refractivity contribution in [1.82, 2.24) is 0 Å². The molecular formula is C10H14F2N2O2S. The zero-order valence-electron chi connectivity index (χ0n) is 9.23. The monoisotopic (exact) mass is 264 g/mol. The molecule has 0 aromatic heterocycles. The fraction of sp³-hybridized carbons (Fsp3) is 0.400. The first-order valence-corrected chi connectivity index (χ1v) is 6.50. The molecule has 1 aromatic rings. The second-order valence-corrected chi connectivity index (χ2v) is 5.61. The van der Waals surface area contributed by atoms with Gasteiger partial charge in [0.25, 0.3) is 0 Å². The van der Waals surface area contributed by atoms with E-state index in [0.717, 1.165) is 12.1 Å². The van der Waals surface area contributed by atoms with Crippen molar-refractivity contribution >= 4 is 15.5 Å². The Labute approximate surface area is 98.7 Å². The Hall–Kier alpha value is -1.21. The van der Waals surface area contributed by atoms with Crippen LogP contribution in [-0.2, 0) is 9.84 Å². The zero-order chi connectivity index (χ0) is 13.1. The lowest BCUT2D eigenvalue weighted by atomic mass is 10.3. The van der Waals surface area contributed by atoms with E-state index in [1.165, 1.54) is 12.1 Å². The van der Waals surface area contributed by atoms with E-state index >= 15 is 0 Å². The lowest BCUT2D eigenvalue weighted by molar-refractivity contribution is 0.234. The summed E-state index contributed by atoms with van der Waals surface area (Å²) in [5.74, 6) is -3.40. The minimum Gasteiger partial charge on any atom is -0.383 e. The van der Waals surface area contributed by atoms with Crippen molar-refractivity contribution in [3.05, 3.63) is 24.3 Å². The molecule has 0 saturated carbocycles. The van der Waals surface area contributed by atoms with Crippen LogP contribution < -0.4 is 11.1 Å². The predicted octanol–water partition coefficient (Wildman–Crippen LogP) is 1.44. The van der Waals surface area contributed by atoms with Gasteiger partial charge >= 0.3 is 5.76 Å². The summed E-state index contributed by atoms with van der Waals surface area (Å²) < 4.78 is 46.7. The molecule has 0 saturated heterocycles. The van der Waals surface area contributed by atoms with Gasteiger partial charge in [0.1, 0.15) is 0 Å². The first-order chi connectivity index (χ1) is 7.84. The van der Waals surface area contributed by atoms with Gasteiger partial charge in [0.05, 0.1) is 4.90 Å². The maximum atomic E-state index is 12.2. The maximum absolute atomic E-state index is 12.2. The van der Waals surface area contributed by atoms with Crippen LogP contribution in [0.5, 0.6) is 0 Å². The van der Waals surface area contributed by atoms with Gasteiger partial charge in [0.15, 0.2) is 0 Å². The molecule has 17 heavy (non-hydrogen) atoms. The van der Waals surface area contributed by atoms with Crippen LogP contribution in [0.4, 0.5) is 14.5 Å². The van der Waals surface area contributed by atoms with Crippen molar-refractivity contribution in [2.45, 2.75) is 23.6 Å². The number of benzene rings is 1. The van der Waals surface area contributed by atoms with Crippen molar-refractivity contribution in [3.8, 4) is 0 Å². The minimum absolute atomic E-state index is 0.0560. The Bertz CT molecular complexity index is 458. The summed E-state index contributed by atoms with van der Waals surface area (Å²) in [7, 11) is -4.51. The van der Waals surface area contributed by atoms with Crippen LogP contribution in [0.3, 0.4) is 0 Å². The van der Waals surface area contributed by atoms with E-state index in [-0.39, 0.29) is 10.9 Å². The molecule has 96 valence electrons. The van der Waals surface area contributed by atoms with Crippen LogP contribution in [0.25, 0.3) is 0 Å². The molecule has 1 unspecified atom stereocenters. The van der Waals surface area contributed by atoms with E-state index in [0.29, 0.717) is 12.2 Å². The number of nitrogens with two attached hydrogens (primary N) is 1. The van der Waals surface area contributed by atoms with Crippen LogP contribution in [0, 0.1) is 0 Å². The van der Waals surface area contributed by atoms with Crippen LogP contribution in [-0.4, -0.2) is 26.8 Å². The van der Waals surface area contributed by atoms with Crippen molar-refractivity contribution < 1.29 is 17.2 Å². The summed E-state index contributed by atoms with van der Waals surface area (Å²) in [4.78, 5) is -0.390. The topological polar surface area (TPSA) is 72.2 Å². The summed E-state index contributed by atoms with van der Waals surface area (Å²) >= 11 is 0. The Morgan fingerprint density at radius 3 is 2.24 bits per heavy atom. The van der Waals surface area contributed by atoms with E-state index in [1.54, 1.807) is 0 Å². The van der Waals surface area contributed by atoms with Gasteiger partial charge in [-0.15, -0.1) is 0 Å². The van der Waals surface area contributed by atoms with Crippen LogP contribution >= 0.6 is 0 Å². The van der Waals surface area contributed by atoms with Crippen molar-refractivity contribution in [2.75, 3.05) is 11.9 Å². The third-order valence-electron chi connectivity index (χ3n) is 2.05. The van der Waals surface area contributed by atoms with E-state index in [1.807, 2.05) is 6.92 Å². The number of anilines is 1. The van der Waals surface area contributed by atoms with E-state index in [2.05, 4.69) is 5.32 Å². The molecule has 0 heterocycles. The fourth-order valence-corrected chi connectivity index (χ4v) is 1.87. The molecule has 0 aliphatic carbocycles. The van der Waals surface area contributed by atoms with E-state index in [9.17, 15) is 17.2 Å². The standard InChI is InChI=1S/C10H14F2N2O2S/c1-7(13)6-14-8-2-4-9(5-3-8)17(15,16)10(11)12/h2-5,7,10,14H,6,13H2,1H3. The highest BCUT2D eigenvalue weighted by atomic mass is 32.2. The third-order valence-corrected chi connectivity index (χ3v) is 3.44. The van der Waals surface area contributed by atoms with Crippen molar-refractivity contribution in [1.29, 1.82) is 0 Å². The molecule has 0 aliphatic rings. The highest BCUT2D eigenvalue weighted by Crippen LogP contribution is 2.20. The molecular weight excluding hydrogens is 250 g/mol. The molecule has 0 spiro atoms. The molecule has 3 N–H and O–H groups in total. The normalized spacial score (nSPS) is 13.7. The second-order valence-electron chi connectivity index (χ2n) is 3.69. The van der Waals surface area contributed by atoms with Gasteiger partial charge in [-0.3, -0.25) is 0 Å². The summed E-state index contributed by atoms with van der Waals surface area (Å²) in [5, 5.41) is 2.94. The first kappa shape index (κ1) is 13.9. The summed E-state index contributed by atoms with van der Waals surface area (Å²) in [5.41, 5.74) is 6.16. The number of sulfone groups is 1. The van der Waals surface area contributed by atoms with Gasteiger partial charge in [0.2, 0.25) is 9.84 Å². The molecule has 7 heteroatoms. The summed E-state index contributed by atoms with van der Waals surface area (Å²) in [6.07, 6.45) is 0. The maximum Gasteiger partial charge on any atom is 0.341 e. The van der Waals surface area contributed by atoms with Gasteiger partial charge in [-0.1, -0.05) is 0 Å². The van der Waals surface area contributed by atoms with Gasteiger partial charge in [0, 0.05) is 18.3 Å². The third kappa shape index (κ3) is 3.64. The SMILES string of the molecule is CC(N)CNc1ccc(S(=O)(=O)C(F)F)cc1.